The minimum atomic E-state index is -0.895. The molecule has 1 aromatic carbocycles. The molecule has 1 unspecified atom stereocenters. The van der Waals surface area contributed by atoms with E-state index in [-0.39, 0.29) is 5.92 Å². The van der Waals surface area contributed by atoms with Gasteiger partial charge in [0.15, 0.2) is 0 Å². The molecule has 0 saturated carbocycles. The van der Waals surface area contributed by atoms with E-state index in [4.69, 9.17) is 28.9 Å². The van der Waals surface area contributed by atoms with Crippen LogP contribution in [0.15, 0.2) is 12.1 Å². The third kappa shape index (κ3) is 3.09. The van der Waals surface area contributed by atoms with Crippen LogP contribution < -0.4 is 5.73 Å². The van der Waals surface area contributed by atoms with E-state index in [1.165, 1.54) is 6.07 Å². The number of nitrogens with two attached hydrogens (primary N) is 1. The smallest absolute Gasteiger partial charge is 0.311 e. The van der Waals surface area contributed by atoms with E-state index >= 15 is 0 Å². The third-order valence-corrected chi connectivity index (χ3v) is 3.78. The summed E-state index contributed by atoms with van der Waals surface area (Å²) in [6.07, 6.45) is 1.52. The zero-order chi connectivity index (χ0) is 13.9. The van der Waals surface area contributed by atoms with Gasteiger partial charge in [0.1, 0.15) is 0 Å². The lowest BCUT2D eigenvalue weighted by molar-refractivity contribution is -0.140. The van der Waals surface area contributed by atoms with Gasteiger partial charge < -0.3 is 10.8 Å². The summed E-state index contributed by atoms with van der Waals surface area (Å²) in [5.74, 6) is -1.55. The Balaban J connectivity index is 3.34. The molecule has 0 amide bonds. The van der Waals surface area contributed by atoms with Crippen LogP contribution >= 0.6 is 23.2 Å². The fourth-order valence-corrected chi connectivity index (χ4v) is 2.72. The molecule has 0 aromatic heterocycles. The van der Waals surface area contributed by atoms with E-state index in [9.17, 15) is 9.90 Å². The quantitative estimate of drug-likeness (QED) is 0.799. The summed E-state index contributed by atoms with van der Waals surface area (Å²) in [5.41, 5.74) is 6.70. The number of rotatable bonds is 5. The van der Waals surface area contributed by atoms with Crippen molar-refractivity contribution in [3.05, 3.63) is 27.7 Å². The Kier molecular flexibility index (Phi) is 5.29. The molecular formula is C13H17Cl2NO2. The van der Waals surface area contributed by atoms with E-state index in [1.54, 1.807) is 6.07 Å². The molecule has 0 heterocycles. The molecule has 0 spiro atoms. The predicted molar refractivity (Wildman–Crippen MR) is 75.3 cm³/mol. The molecule has 0 aliphatic carbocycles. The lowest BCUT2D eigenvalue weighted by Crippen LogP contribution is -2.22. The number of benzene rings is 1. The first-order valence-corrected chi connectivity index (χ1v) is 6.65. The number of carboxylic acids is 1. The summed E-state index contributed by atoms with van der Waals surface area (Å²) in [5, 5.41) is 10.1. The zero-order valence-corrected chi connectivity index (χ0v) is 11.9. The van der Waals surface area contributed by atoms with Crippen molar-refractivity contribution in [2.45, 2.75) is 32.6 Å². The lowest BCUT2D eigenvalue weighted by atomic mass is 9.82. The fraction of sp³-hybridized carbons (Fsp3) is 0.462. The zero-order valence-electron chi connectivity index (χ0n) is 10.4. The molecule has 1 aromatic rings. The second kappa shape index (κ2) is 6.30. The van der Waals surface area contributed by atoms with E-state index in [1.807, 2.05) is 13.8 Å². The van der Waals surface area contributed by atoms with Crippen LogP contribution in [-0.4, -0.2) is 11.1 Å². The second-order valence-corrected chi connectivity index (χ2v) is 5.13. The molecule has 100 valence electrons. The highest BCUT2D eigenvalue weighted by Gasteiger charge is 2.30. The van der Waals surface area contributed by atoms with E-state index in [0.717, 1.165) is 12.8 Å². The molecule has 0 bridgehead atoms. The van der Waals surface area contributed by atoms with Crippen molar-refractivity contribution in [1.82, 2.24) is 0 Å². The van der Waals surface area contributed by atoms with Crippen LogP contribution in [0.25, 0.3) is 0 Å². The first-order chi connectivity index (χ1) is 8.42. The highest BCUT2D eigenvalue weighted by atomic mass is 35.5. The maximum Gasteiger partial charge on any atom is 0.311 e. The minimum absolute atomic E-state index is 0.0133. The van der Waals surface area contributed by atoms with Crippen LogP contribution in [0.4, 0.5) is 5.69 Å². The van der Waals surface area contributed by atoms with Gasteiger partial charge in [-0.1, -0.05) is 49.9 Å². The van der Waals surface area contributed by atoms with Gasteiger partial charge in [0.05, 0.1) is 16.6 Å². The van der Waals surface area contributed by atoms with Crippen molar-refractivity contribution in [2.24, 2.45) is 5.92 Å². The van der Waals surface area contributed by atoms with Crippen molar-refractivity contribution in [1.29, 1.82) is 0 Å². The normalized spacial score (nSPS) is 12.7. The van der Waals surface area contributed by atoms with E-state index < -0.39 is 11.9 Å². The van der Waals surface area contributed by atoms with Gasteiger partial charge in [0, 0.05) is 5.02 Å². The lowest BCUT2D eigenvalue weighted by Gasteiger charge is -2.23. The largest absolute Gasteiger partial charge is 0.481 e. The van der Waals surface area contributed by atoms with Crippen molar-refractivity contribution < 1.29 is 9.90 Å². The second-order valence-electron chi connectivity index (χ2n) is 4.28. The summed E-state index contributed by atoms with van der Waals surface area (Å²) >= 11 is 11.9. The molecule has 0 radical (unpaired) electrons. The van der Waals surface area contributed by atoms with Gasteiger partial charge in [-0.05, 0) is 23.6 Å². The van der Waals surface area contributed by atoms with Crippen molar-refractivity contribution >= 4 is 34.9 Å². The monoisotopic (exact) mass is 289 g/mol. The summed E-state index contributed by atoms with van der Waals surface area (Å²) < 4.78 is 0. The highest BCUT2D eigenvalue weighted by Crippen LogP contribution is 2.38. The van der Waals surface area contributed by atoms with Crippen molar-refractivity contribution in [2.75, 3.05) is 5.73 Å². The van der Waals surface area contributed by atoms with Crippen molar-refractivity contribution in [3.8, 4) is 0 Å². The maximum atomic E-state index is 11.5. The molecule has 0 aliphatic heterocycles. The Bertz CT molecular complexity index is 445. The molecule has 0 aliphatic rings. The Morgan fingerprint density at radius 1 is 1.33 bits per heavy atom. The Morgan fingerprint density at radius 3 is 2.33 bits per heavy atom. The molecule has 1 rings (SSSR count). The predicted octanol–water partition coefficient (Wildman–Crippen LogP) is 4.18. The molecule has 5 heteroatoms. The van der Waals surface area contributed by atoms with Crippen molar-refractivity contribution in [3.63, 3.8) is 0 Å². The molecule has 18 heavy (non-hydrogen) atoms. The van der Waals surface area contributed by atoms with Crippen LogP contribution in [0, 0.1) is 5.92 Å². The third-order valence-electron chi connectivity index (χ3n) is 3.25. The summed E-state index contributed by atoms with van der Waals surface area (Å²) in [7, 11) is 0. The van der Waals surface area contributed by atoms with Crippen LogP contribution in [0.2, 0.25) is 10.0 Å². The van der Waals surface area contributed by atoms with Gasteiger partial charge in [-0.3, -0.25) is 4.79 Å². The average Bonchev–Trinajstić information content (AvgIpc) is 2.30. The van der Waals surface area contributed by atoms with Gasteiger partial charge in [-0.15, -0.1) is 0 Å². The number of anilines is 1. The first-order valence-electron chi connectivity index (χ1n) is 5.89. The van der Waals surface area contributed by atoms with Crippen LogP contribution in [0.1, 0.15) is 38.2 Å². The van der Waals surface area contributed by atoms with Gasteiger partial charge in [-0.2, -0.15) is 0 Å². The number of hydrogen-bond acceptors (Lipinski definition) is 2. The van der Waals surface area contributed by atoms with Gasteiger partial charge >= 0.3 is 5.97 Å². The van der Waals surface area contributed by atoms with E-state index in [2.05, 4.69) is 0 Å². The standard InChI is InChI=1S/C13H17Cl2NO2/c1-3-7(4-2)11(13(17)18)9-5-8(14)6-10(15)12(9)16/h5-7,11H,3-4,16H2,1-2H3,(H,17,18). The number of carbonyl (C=O) groups is 1. The summed E-state index contributed by atoms with van der Waals surface area (Å²) in [6.45, 7) is 3.93. The minimum Gasteiger partial charge on any atom is -0.481 e. The number of halogens is 2. The molecule has 1 atom stereocenters. The SMILES string of the molecule is CCC(CC)C(C(=O)O)c1cc(Cl)cc(Cl)c1N. The van der Waals surface area contributed by atoms with Gasteiger partial charge in [-0.25, -0.2) is 0 Å². The summed E-state index contributed by atoms with van der Waals surface area (Å²) in [6, 6.07) is 3.12. The molecule has 3 nitrogen and oxygen atoms in total. The first kappa shape index (κ1) is 15.1. The number of carboxylic acid groups (broad SMARTS) is 1. The fourth-order valence-electron chi connectivity index (χ4n) is 2.21. The molecule has 3 N–H and O–H groups in total. The number of aliphatic carboxylic acids is 1. The average molecular weight is 290 g/mol. The Hall–Kier alpha value is -0.930. The maximum absolute atomic E-state index is 11.5. The Morgan fingerprint density at radius 2 is 1.89 bits per heavy atom. The molecule has 0 fully saturated rings. The molecule has 0 saturated heterocycles. The topological polar surface area (TPSA) is 63.3 Å². The highest BCUT2D eigenvalue weighted by molar-refractivity contribution is 6.36. The van der Waals surface area contributed by atoms with Crippen LogP contribution in [-0.2, 0) is 4.79 Å². The molecular weight excluding hydrogens is 273 g/mol. The van der Waals surface area contributed by atoms with E-state index in [0.29, 0.717) is 21.3 Å². The van der Waals surface area contributed by atoms with Gasteiger partial charge in [0.25, 0.3) is 0 Å². The van der Waals surface area contributed by atoms with Gasteiger partial charge in [0.2, 0.25) is 0 Å². The Labute approximate surface area is 117 Å². The van der Waals surface area contributed by atoms with Crippen LogP contribution in [0.5, 0.6) is 0 Å². The number of nitrogen functional groups attached to an aromatic ring is 1. The number of hydrogen-bond donors (Lipinski definition) is 2. The van der Waals surface area contributed by atoms with Crippen LogP contribution in [0.3, 0.4) is 0 Å². The summed E-state index contributed by atoms with van der Waals surface area (Å²) in [4.78, 5) is 11.5.